The molecule has 0 aliphatic heterocycles. The summed E-state index contributed by atoms with van der Waals surface area (Å²) in [4.78, 5) is 34.2. The first-order chi connectivity index (χ1) is 9.24. The topological polar surface area (TPSA) is 130 Å². The lowest BCUT2D eigenvalue weighted by Crippen LogP contribution is -2.51. The minimum Gasteiger partial charge on any atom is -0.508 e. The molecule has 1 rings (SSSR count). The number of nitrogens with one attached hydrogen (secondary N) is 1. The van der Waals surface area contributed by atoms with Crippen LogP contribution in [0.1, 0.15) is 26.2 Å². The van der Waals surface area contributed by atoms with E-state index < -0.39 is 29.2 Å². The second-order valence-electron chi connectivity index (χ2n) is 4.71. The molecule has 0 bridgehead atoms. The Hall–Kier alpha value is -2.15. The number of hydrogen-bond acceptors (Lipinski definition) is 5. The lowest BCUT2D eigenvalue weighted by atomic mass is 9.85. The molecule has 1 aliphatic carbocycles. The van der Waals surface area contributed by atoms with Gasteiger partial charge < -0.3 is 21.3 Å². The van der Waals surface area contributed by atoms with Crippen molar-refractivity contribution >= 4 is 17.6 Å². The van der Waals surface area contributed by atoms with Crippen molar-refractivity contribution in [2.45, 2.75) is 37.8 Å². The van der Waals surface area contributed by atoms with Crippen LogP contribution in [0.15, 0.2) is 24.0 Å². The molecule has 0 saturated carbocycles. The standard InChI is InChI=1S/C13H18N2O5/c1-8(16)15-10(2-3-11(14)18)12(19)13(20)6-4-9(17)5-7-13/h4-6,10,17,20H,2-3,7H2,1H3,(H2,14,18)(H,15,16)/t10-,13?/m0/s1. The fraction of sp³-hybridized carbons (Fsp3) is 0.462. The molecule has 5 N–H and O–H groups in total. The quantitative estimate of drug-likeness (QED) is 0.520. The van der Waals surface area contributed by atoms with Crippen molar-refractivity contribution in [3.05, 3.63) is 24.0 Å². The Labute approximate surface area is 116 Å². The summed E-state index contributed by atoms with van der Waals surface area (Å²) >= 11 is 0. The second kappa shape index (κ2) is 6.33. The van der Waals surface area contributed by atoms with E-state index in [-0.39, 0.29) is 25.0 Å². The number of aliphatic hydroxyl groups excluding tert-OH is 1. The first-order valence-electron chi connectivity index (χ1n) is 6.15. The second-order valence-corrected chi connectivity index (χ2v) is 4.71. The van der Waals surface area contributed by atoms with Gasteiger partial charge in [-0.25, -0.2) is 0 Å². The van der Waals surface area contributed by atoms with E-state index in [4.69, 9.17) is 5.73 Å². The smallest absolute Gasteiger partial charge is 0.217 e. The minimum absolute atomic E-state index is 0.0135. The van der Waals surface area contributed by atoms with E-state index in [2.05, 4.69) is 5.32 Å². The largest absolute Gasteiger partial charge is 0.508 e. The molecule has 0 saturated heterocycles. The maximum atomic E-state index is 12.3. The number of carbonyl (C=O) groups excluding carboxylic acids is 3. The third kappa shape index (κ3) is 4.20. The van der Waals surface area contributed by atoms with Crippen LogP contribution in [0.4, 0.5) is 0 Å². The van der Waals surface area contributed by atoms with Crippen molar-refractivity contribution in [3.8, 4) is 0 Å². The highest BCUT2D eigenvalue weighted by Gasteiger charge is 2.38. The highest BCUT2D eigenvalue weighted by atomic mass is 16.3. The van der Waals surface area contributed by atoms with Crippen LogP contribution < -0.4 is 11.1 Å². The molecule has 0 aromatic rings. The summed E-state index contributed by atoms with van der Waals surface area (Å²) in [6.45, 7) is 1.23. The molecular formula is C13H18N2O5. The first kappa shape index (κ1) is 15.9. The third-order valence-corrected chi connectivity index (χ3v) is 2.95. The molecule has 0 heterocycles. The van der Waals surface area contributed by atoms with Gasteiger partial charge in [0.1, 0.15) is 11.4 Å². The number of primary amides is 1. The van der Waals surface area contributed by atoms with Crippen LogP contribution in [0.5, 0.6) is 0 Å². The van der Waals surface area contributed by atoms with Crippen molar-refractivity contribution in [2.75, 3.05) is 0 Å². The van der Waals surface area contributed by atoms with Gasteiger partial charge in [0.05, 0.1) is 6.04 Å². The summed E-state index contributed by atoms with van der Waals surface area (Å²) in [6, 6.07) is -1.01. The van der Waals surface area contributed by atoms with E-state index in [9.17, 15) is 24.6 Å². The number of nitrogens with two attached hydrogens (primary N) is 1. The zero-order valence-electron chi connectivity index (χ0n) is 11.1. The lowest BCUT2D eigenvalue weighted by molar-refractivity contribution is -0.137. The summed E-state index contributed by atoms with van der Waals surface area (Å²) in [5.41, 5.74) is 3.21. The Bertz CT molecular complexity index is 483. The van der Waals surface area contributed by atoms with Gasteiger partial charge in [-0.1, -0.05) is 0 Å². The predicted octanol–water partition coefficient (Wildman–Crippen LogP) is -0.541. The van der Waals surface area contributed by atoms with Gasteiger partial charge in [0.25, 0.3) is 0 Å². The lowest BCUT2D eigenvalue weighted by Gasteiger charge is -2.28. The van der Waals surface area contributed by atoms with Crippen molar-refractivity contribution in [2.24, 2.45) is 5.73 Å². The van der Waals surface area contributed by atoms with Crippen LogP contribution in [0, 0.1) is 0 Å². The predicted molar refractivity (Wildman–Crippen MR) is 70.5 cm³/mol. The van der Waals surface area contributed by atoms with E-state index in [0.717, 1.165) is 0 Å². The van der Waals surface area contributed by atoms with Gasteiger partial charge in [-0.2, -0.15) is 0 Å². The van der Waals surface area contributed by atoms with Gasteiger partial charge in [-0.05, 0) is 24.6 Å². The highest BCUT2D eigenvalue weighted by molar-refractivity contribution is 5.96. The Morgan fingerprint density at radius 2 is 2.15 bits per heavy atom. The zero-order valence-corrected chi connectivity index (χ0v) is 11.1. The molecule has 0 aromatic carbocycles. The number of amides is 2. The monoisotopic (exact) mass is 282 g/mol. The maximum Gasteiger partial charge on any atom is 0.217 e. The van der Waals surface area contributed by atoms with E-state index in [1.807, 2.05) is 0 Å². The SMILES string of the molecule is CC(=O)N[C@@H](CCC(N)=O)C(=O)C1(O)C=CC(O)=CC1. The Morgan fingerprint density at radius 3 is 2.60 bits per heavy atom. The minimum atomic E-state index is -1.81. The van der Waals surface area contributed by atoms with Crippen LogP contribution in [0.25, 0.3) is 0 Å². The zero-order chi connectivity index (χ0) is 15.3. The number of Topliss-reactive ketones (excluding diaryl/α,β-unsaturated/α-hetero) is 1. The fourth-order valence-corrected chi connectivity index (χ4v) is 1.90. The molecular weight excluding hydrogens is 264 g/mol. The average molecular weight is 282 g/mol. The maximum absolute atomic E-state index is 12.3. The third-order valence-electron chi connectivity index (χ3n) is 2.95. The summed E-state index contributed by atoms with van der Waals surface area (Å²) < 4.78 is 0. The van der Waals surface area contributed by atoms with Gasteiger partial charge in [0.2, 0.25) is 11.8 Å². The van der Waals surface area contributed by atoms with Gasteiger partial charge >= 0.3 is 0 Å². The summed E-state index contributed by atoms with van der Waals surface area (Å²) in [5, 5.41) is 21.8. The van der Waals surface area contributed by atoms with E-state index in [1.165, 1.54) is 25.2 Å². The fourth-order valence-electron chi connectivity index (χ4n) is 1.90. The highest BCUT2D eigenvalue weighted by Crippen LogP contribution is 2.23. The molecule has 110 valence electrons. The van der Waals surface area contributed by atoms with E-state index >= 15 is 0 Å². The molecule has 0 spiro atoms. The van der Waals surface area contributed by atoms with Crippen molar-refractivity contribution < 1.29 is 24.6 Å². The molecule has 20 heavy (non-hydrogen) atoms. The molecule has 0 fully saturated rings. The molecule has 2 amide bonds. The van der Waals surface area contributed by atoms with Crippen LogP contribution in [0.3, 0.4) is 0 Å². The van der Waals surface area contributed by atoms with Gasteiger partial charge in [-0.15, -0.1) is 0 Å². The molecule has 2 atom stereocenters. The first-order valence-corrected chi connectivity index (χ1v) is 6.15. The molecule has 1 unspecified atom stereocenters. The Balaban J connectivity index is 2.84. The van der Waals surface area contributed by atoms with Crippen LogP contribution in [0.2, 0.25) is 0 Å². The van der Waals surface area contributed by atoms with Crippen LogP contribution in [-0.2, 0) is 14.4 Å². The van der Waals surface area contributed by atoms with Crippen LogP contribution >= 0.6 is 0 Å². The van der Waals surface area contributed by atoms with Crippen molar-refractivity contribution in [1.82, 2.24) is 5.32 Å². The molecule has 0 aromatic heterocycles. The van der Waals surface area contributed by atoms with Crippen molar-refractivity contribution in [3.63, 3.8) is 0 Å². The molecule has 7 heteroatoms. The van der Waals surface area contributed by atoms with E-state index in [0.29, 0.717) is 0 Å². The van der Waals surface area contributed by atoms with Gasteiger partial charge in [-0.3, -0.25) is 14.4 Å². The number of allylic oxidation sites excluding steroid dienone is 1. The normalized spacial score (nSPS) is 22.8. The number of hydrogen-bond donors (Lipinski definition) is 4. The van der Waals surface area contributed by atoms with Crippen molar-refractivity contribution in [1.29, 1.82) is 0 Å². The summed E-state index contributed by atoms with van der Waals surface area (Å²) in [5.74, 6) is -1.74. The Kier molecular flexibility index (Phi) is 5.04. The molecule has 0 radical (unpaired) electrons. The Morgan fingerprint density at radius 1 is 1.50 bits per heavy atom. The van der Waals surface area contributed by atoms with Crippen LogP contribution in [-0.4, -0.2) is 39.5 Å². The number of rotatable bonds is 6. The summed E-state index contributed by atoms with van der Waals surface area (Å²) in [6.07, 6.45) is 3.51. The van der Waals surface area contributed by atoms with Gasteiger partial charge in [0, 0.05) is 19.8 Å². The van der Waals surface area contributed by atoms with Gasteiger partial charge in [0.15, 0.2) is 5.78 Å². The van der Waals surface area contributed by atoms with E-state index in [1.54, 1.807) is 0 Å². The summed E-state index contributed by atoms with van der Waals surface area (Å²) in [7, 11) is 0. The number of aliphatic hydroxyl groups is 2. The average Bonchev–Trinajstić information content (AvgIpc) is 2.37. The number of ketones is 1. The molecule has 7 nitrogen and oxygen atoms in total. The molecule has 1 aliphatic rings. The number of carbonyl (C=O) groups is 3.